The lowest BCUT2D eigenvalue weighted by Crippen LogP contribution is -2.49. The molecule has 2 N–H and O–H groups in total. The summed E-state index contributed by atoms with van der Waals surface area (Å²) in [5, 5.41) is 20.6. The first-order valence-corrected chi connectivity index (χ1v) is 6.28. The molecule has 1 fully saturated rings. The van der Waals surface area contributed by atoms with Crippen LogP contribution in [0, 0.1) is 5.92 Å². The van der Waals surface area contributed by atoms with Crippen molar-refractivity contribution in [3.05, 3.63) is 5.51 Å². The zero-order valence-electron chi connectivity index (χ0n) is 9.14. The maximum Gasteiger partial charge on any atom is 0.329 e. The van der Waals surface area contributed by atoms with E-state index in [2.05, 4.69) is 22.4 Å². The van der Waals surface area contributed by atoms with E-state index in [-0.39, 0.29) is 0 Å². The van der Waals surface area contributed by atoms with Crippen LogP contribution in [-0.4, -0.2) is 26.8 Å². The predicted octanol–water partition coefficient (Wildman–Crippen LogP) is 1.98. The van der Waals surface area contributed by atoms with Crippen molar-refractivity contribution in [1.29, 1.82) is 0 Å². The average Bonchev–Trinajstić information content (AvgIpc) is 2.70. The van der Waals surface area contributed by atoms with Crippen molar-refractivity contribution in [2.24, 2.45) is 5.92 Å². The Balaban J connectivity index is 2.18. The standard InChI is InChI=1S/C10H15N3O2S/c1-7-3-2-4-10(5-7,8(14)15)12-9-13-11-6-16-9/h6-7H,2-5H2,1H3,(H,12,13)(H,14,15). The first-order valence-electron chi connectivity index (χ1n) is 5.40. The minimum atomic E-state index is -0.850. The van der Waals surface area contributed by atoms with E-state index in [4.69, 9.17) is 0 Å². The molecule has 1 aromatic heterocycles. The number of aromatic nitrogens is 2. The zero-order valence-corrected chi connectivity index (χ0v) is 9.96. The Kier molecular flexibility index (Phi) is 3.09. The molecule has 2 rings (SSSR count). The summed E-state index contributed by atoms with van der Waals surface area (Å²) in [5.41, 5.74) is 0.751. The zero-order chi connectivity index (χ0) is 11.6. The summed E-state index contributed by atoms with van der Waals surface area (Å²) in [7, 11) is 0. The number of anilines is 1. The Labute approximate surface area is 97.9 Å². The topological polar surface area (TPSA) is 75.1 Å². The Morgan fingerprint density at radius 1 is 1.75 bits per heavy atom. The van der Waals surface area contributed by atoms with Gasteiger partial charge in [0, 0.05) is 0 Å². The minimum absolute atomic E-state index is 0.435. The molecule has 2 unspecified atom stereocenters. The number of hydrogen-bond acceptors (Lipinski definition) is 5. The van der Waals surface area contributed by atoms with Gasteiger partial charge in [-0.2, -0.15) is 0 Å². The molecular weight excluding hydrogens is 226 g/mol. The van der Waals surface area contributed by atoms with Crippen molar-refractivity contribution in [1.82, 2.24) is 10.2 Å². The lowest BCUT2D eigenvalue weighted by molar-refractivity contribution is -0.144. The van der Waals surface area contributed by atoms with Crippen LogP contribution in [0.2, 0.25) is 0 Å². The molecule has 0 aliphatic heterocycles. The van der Waals surface area contributed by atoms with E-state index in [1.165, 1.54) is 11.3 Å². The molecule has 5 nitrogen and oxygen atoms in total. The molecule has 1 aromatic rings. The van der Waals surface area contributed by atoms with E-state index in [9.17, 15) is 9.90 Å². The van der Waals surface area contributed by atoms with Crippen molar-refractivity contribution < 1.29 is 9.90 Å². The number of carboxylic acids is 1. The van der Waals surface area contributed by atoms with Crippen LogP contribution in [0.3, 0.4) is 0 Å². The van der Waals surface area contributed by atoms with Gasteiger partial charge in [0.2, 0.25) is 5.13 Å². The van der Waals surface area contributed by atoms with Crippen molar-refractivity contribution in [3.63, 3.8) is 0 Å². The Hall–Kier alpha value is -1.17. The summed E-state index contributed by atoms with van der Waals surface area (Å²) >= 11 is 1.34. The second kappa shape index (κ2) is 4.37. The molecule has 1 aliphatic rings. The number of nitrogens with one attached hydrogen (secondary N) is 1. The van der Waals surface area contributed by atoms with Crippen LogP contribution < -0.4 is 5.32 Å². The molecule has 0 bridgehead atoms. The van der Waals surface area contributed by atoms with Crippen molar-refractivity contribution in [3.8, 4) is 0 Å². The average molecular weight is 241 g/mol. The molecule has 2 atom stereocenters. The molecule has 88 valence electrons. The van der Waals surface area contributed by atoms with Crippen LogP contribution in [0.15, 0.2) is 5.51 Å². The van der Waals surface area contributed by atoms with Crippen LogP contribution in [0.1, 0.15) is 32.6 Å². The highest BCUT2D eigenvalue weighted by Crippen LogP contribution is 2.35. The third kappa shape index (κ3) is 2.16. The van der Waals surface area contributed by atoms with Crippen molar-refractivity contribution in [2.45, 2.75) is 38.1 Å². The molecule has 16 heavy (non-hydrogen) atoms. The fourth-order valence-corrected chi connectivity index (χ4v) is 2.89. The molecule has 0 amide bonds. The Morgan fingerprint density at radius 2 is 2.56 bits per heavy atom. The third-order valence-corrected chi connectivity index (χ3v) is 3.72. The molecule has 0 saturated heterocycles. The van der Waals surface area contributed by atoms with E-state index >= 15 is 0 Å². The maximum atomic E-state index is 11.4. The van der Waals surface area contributed by atoms with Gasteiger partial charge >= 0.3 is 5.97 Å². The number of aliphatic carboxylic acids is 1. The predicted molar refractivity (Wildman–Crippen MR) is 61.5 cm³/mol. The molecule has 1 aliphatic carbocycles. The SMILES string of the molecule is CC1CCCC(Nc2nncs2)(C(=O)O)C1. The van der Waals surface area contributed by atoms with E-state index in [0.717, 1.165) is 12.8 Å². The highest BCUT2D eigenvalue weighted by molar-refractivity contribution is 7.13. The maximum absolute atomic E-state index is 11.4. The molecule has 0 spiro atoms. The van der Waals surface area contributed by atoms with Crippen LogP contribution in [0.5, 0.6) is 0 Å². The lowest BCUT2D eigenvalue weighted by Gasteiger charge is -2.36. The highest BCUT2D eigenvalue weighted by atomic mass is 32.1. The smallest absolute Gasteiger partial charge is 0.329 e. The number of rotatable bonds is 3. The van der Waals surface area contributed by atoms with Crippen LogP contribution in [0.4, 0.5) is 5.13 Å². The molecule has 1 heterocycles. The van der Waals surface area contributed by atoms with Crippen molar-refractivity contribution in [2.75, 3.05) is 5.32 Å². The Bertz CT molecular complexity index is 368. The highest BCUT2D eigenvalue weighted by Gasteiger charge is 2.42. The lowest BCUT2D eigenvalue weighted by atomic mass is 9.76. The van der Waals surface area contributed by atoms with E-state index in [0.29, 0.717) is 23.9 Å². The molecule has 0 radical (unpaired) electrons. The largest absolute Gasteiger partial charge is 0.480 e. The van der Waals surface area contributed by atoms with Gasteiger partial charge < -0.3 is 10.4 Å². The van der Waals surface area contributed by atoms with Gasteiger partial charge in [-0.15, -0.1) is 10.2 Å². The van der Waals surface area contributed by atoms with Gasteiger partial charge in [0.15, 0.2) is 0 Å². The first-order chi connectivity index (χ1) is 7.62. The summed E-state index contributed by atoms with van der Waals surface area (Å²) in [5.74, 6) is -0.348. The minimum Gasteiger partial charge on any atom is -0.480 e. The van der Waals surface area contributed by atoms with Gasteiger partial charge in [-0.25, -0.2) is 4.79 Å². The second-order valence-electron chi connectivity index (χ2n) is 4.46. The van der Waals surface area contributed by atoms with Crippen LogP contribution >= 0.6 is 11.3 Å². The van der Waals surface area contributed by atoms with E-state index in [1.807, 2.05) is 0 Å². The number of nitrogens with zero attached hydrogens (tertiary/aromatic N) is 2. The van der Waals surface area contributed by atoms with Gasteiger partial charge in [0.05, 0.1) is 0 Å². The van der Waals surface area contributed by atoms with Gasteiger partial charge in [0.25, 0.3) is 0 Å². The van der Waals surface area contributed by atoms with Gasteiger partial charge in [-0.1, -0.05) is 31.1 Å². The van der Waals surface area contributed by atoms with Gasteiger partial charge in [-0.05, 0) is 18.8 Å². The summed E-state index contributed by atoms with van der Waals surface area (Å²) in [4.78, 5) is 11.4. The molecule has 1 saturated carbocycles. The van der Waals surface area contributed by atoms with Gasteiger partial charge in [0.1, 0.15) is 11.0 Å². The quantitative estimate of drug-likeness (QED) is 0.846. The summed E-state index contributed by atoms with van der Waals surface area (Å²) in [6.07, 6.45) is 3.36. The van der Waals surface area contributed by atoms with Crippen LogP contribution in [-0.2, 0) is 4.79 Å². The number of carbonyl (C=O) groups is 1. The van der Waals surface area contributed by atoms with E-state index in [1.54, 1.807) is 5.51 Å². The fraction of sp³-hybridized carbons (Fsp3) is 0.700. The molecular formula is C10H15N3O2S. The normalized spacial score (nSPS) is 29.9. The number of carboxylic acid groups (broad SMARTS) is 1. The van der Waals surface area contributed by atoms with E-state index < -0.39 is 11.5 Å². The fourth-order valence-electron chi connectivity index (χ4n) is 2.34. The second-order valence-corrected chi connectivity index (χ2v) is 5.29. The summed E-state index contributed by atoms with van der Waals surface area (Å²) < 4.78 is 0. The van der Waals surface area contributed by atoms with Gasteiger partial charge in [-0.3, -0.25) is 0 Å². The molecule has 6 heteroatoms. The molecule has 0 aromatic carbocycles. The van der Waals surface area contributed by atoms with Crippen LogP contribution in [0.25, 0.3) is 0 Å². The first kappa shape index (κ1) is 11.3. The third-order valence-electron chi connectivity index (χ3n) is 3.11. The Morgan fingerprint density at radius 3 is 3.12 bits per heavy atom. The monoisotopic (exact) mass is 241 g/mol. The number of hydrogen-bond donors (Lipinski definition) is 2. The van der Waals surface area contributed by atoms with Crippen molar-refractivity contribution >= 4 is 22.4 Å². The summed E-state index contributed by atoms with van der Waals surface area (Å²) in [6, 6.07) is 0. The summed E-state index contributed by atoms with van der Waals surface area (Å²) in [6.45, 7) is 2.10.